The third kappa shape index (κ3) is 15.6. The predicted molar refractivity (Wildman–Crippen MR) is 332 cm³/mol. The molecule has 0 fully saturated rings. The predicted octanol–water partition coefficient (Wildman–Crippen LogP) is 14.6. The molecule has 1 radical (unpaired) electrons. The first-order valence-electron chi connectivity index (χ1n) is 22.7. The van der Waals surface area contributed by atoms with Crippen LogP contribution in [0.25, 0.3) is 62.6 Å². The van der Waals surface area contributed by atoms with Gasteiger partial charge in [0, 0.05) is 84.6 Å². The van der Waals surface area contributed by atoms with E-state index in [-0.39, 0.29) is 128 Å². The summed E-state index contributed by atoms with van der Waals surface area (Å²) in [5.74, 6) is 0. The standard InChI is InChI=1S/C30H19Br2NS.C18H11IS.C12H9Br2N.CH2O3.Cu.2K.H/c31-25-14-2-4-16-27(25)33(28-17-5-3-15-26(28)32)21-10-7-9-20(19-21)22-12-8-13-24-23-11-1-6-18-29(23)34-30(22)24;19-13-6-3-5-12(11-13)14-8-4-9-16-15-7-1-2-10-17(15)20-18(14)16;13-9-5-1-3-7-11(9)15-12-8-4-2-6-10(12)14;2-1-4-3;;;;/h1-19H;1-11H;1-8,15H;1,3H;;;;/q;;;;;2*+1;-1/p-1. The van der Waals surface area contributed by atoms with E-state index in [0.717, 1.165) is 46.3 Å². The van der Waals surface area contributed by atoms with Crippen molar-refractivity contribution < 1.29 is 136 Å². The maximum atomic E-state index is 8.64. The Morgan fingerprint density at radius 2 is 0.855 bits per heavy atom. The zero-order valence-corrected chi connectivity index (χ0v) is 58.0. The van der Waals surface area contributed by atoms with Crippen LogP contribution in [0.2, 0.25) is 0 Å². The van der Waals surface area contributed by atoms with Crippen molar-refractivity contribution in [3.8, 4) is 22.3 Å². The summed E-state index contributed by atoms with van der Waals surface area (Å²) in [7, 11) is 0. The number of nitrogens with one attached hydrogen (secondary N) is 1. The maximum absolute atomic E-state index is 8.64. The number of benzene rings is 10. The number of halogens is 5. The maximum Gasteiger partial charge on any atom is 1.00 e. The first-order chi connectivity index (χ1) is 35.7. The largest absolute Gasteiger partial charge is 1.00 e. The first kappa shape index (κ1) is 63.3. The molecule has 0 aliphatic carbocycles. The molecule has 76 heavy (non-hydrogen) atoms. The van der Waals surface area contributed by atoms with Crippen LogP contribution in [-0.2, 0) is 26.8 Å². The number of para-hydroxylation sites is 4. The number of thiophene rings is 2. The van der Waals surface area contributed by atoms with Crippen molar-refractivity contribution in [1.82, 2.24) is 0 Å². The van der Waals surface area contributed by atoms with Crippen LogP contribution < -0.4 is 118 Å². The average molecular weight is 1500 g/mol. The molecule has 0 aliphatic heterocycles. The van der Waals surface area contributed by atoms with Gasteiger partial charge in [-0.2, -0.15) is 0 Å². The van der Waals surface area contributed by atoms with E-state index in [0.29, 0.717) is 0 Å². The fourth-order valence-corrected chi connectivity index (χ4v) is 13.1. The topological polar surface area (TPSA) is 64.6 Å². The van der Waals surface area contributed by atoms with Gasteiger partial charge in [-0.05, 0) is 193 Å². The Kier molecular flexibility index (Phi) is 26.1. The second-order valence-electron chi connectivity index (χ2n) is 16.1. The van der Waals surface area contributed by atoms with Crippen LogP contribution in [-0.4, -0.2) is 6.47 Å². The van der Waals surface area contributed by atoms with Gasteiger partial charge in [-0.25, -0.2) is 0 Å². The van der Waals surface area contributed by atoms with Gasteiger partial charge >= 0.3 is 103 Å². The fraction of sp³-hybridized carbons (Fsp3) is 0. The molecule has 2 aromatic heterocycles. The molecule has 0 bridgehead atoms. The Morgan fingerprint density at radius 1 is 0.474 bits per heavy atom. The second kappa shape index (κ2) is 31.4. The van der Waals surface area contributed by atoms with Gasteiger partial charge in [0.1, 0.15) is 0 Å². The van der Waals surface area contributed by atoms with Gasteiger partial charge < -0.3 is 21.8 Å². The summed E-state index contributed by atoms with van der Waals surface area (Å²) in [4.78, 5) is 13.5. The Morgan fingerprint density at radius 3 is 1.30 bits per heavy atom. The Bertz CT molecular complexity index is 3800. The van der Waals surface area contributed by atoms with Gasteiger partial charge in [0.25, 0.3) is 6.47 Å². The number of carbonyl (C=O) groups is 1. The molecule has 373 valence electrons. The number of rotatable bonds is 8. The third-order valence-electron chi connectivity index (χ3n) is 11.6. The van der Waals surface area contributed by atoms with Crippen LogP contribution in [0.1, 0.15) is 1.43 Å². The molecule has 12 aromatic rings. The third-order valence-corrected chi connectivity index (χ3v) is 17.4. The van der Waals surface area contributed by atoms with Crippen molar-refractivity contribution in [2.45, 2.75) is 0 Å². The van der Waals surface area contributed by atoms with E-state index in [1.54, 1.807) is 0 Å². The molecule has 0 amide bonds. The summed E-state index contributed by atoms with van der Waals surface area (Å²) in [6.07, 6.45) is 0. The summed E-state index contributed by atoms with van der Waals surface area (Å²) < 4.78 is 10.9. The van der Waals surface area contributed by atoms with Crippen LogP contribution in [0, 0.1) is 3.57 Å². The van der Waals surface area contributed by atoms with Gasteiger partial charge in [0.05, 0.1) is 22.7 Å². The van der Waals surface area contributed by atoms with Gasteiger partial charge in [-0.3, -0.25) is 4.79 Å². The van der Waals surface area contributed by atoms with Crippen LogP contribution in [0.15, 0.2) is 248 Å². The molecular weight excluding hydrogens is 1460 g/mol. The molecule has 0 spiro atoms. The molecule has 0 saturated heterocycles. The minimum atomic E-state index is -0.181. The summed E-state index contributed by atoms with van der Waals surface area (Å²) in [6, 6.07) is 80.9. The number of nitrogens with zero attached hydrogens (tertiary/aromatic N) is 1. The van der Waals surface area contributed by atoms with Crippen molar-refractivity contribution >= 4 is 184 Å². The van der Waals surface area contributed by atoms with Crippen LogP contribution >= 0.6 is 109 Å². The number of anilines is 5. The Hall–Kier alpha value is -1.89. The van der Waals surface area contributed by atoms with Crippen molar-refractivity contribution in [2.75, 3.05) is 10.2 Å². The van der Waals surface area contributed by atoms with Gasteiger partial charge in [-0.1, -0.05) is 146 Å². The molecule has 2 heterocycles. The monoisotopic (exact) mass is 1500 g/mol. The summed E-state index contributed by atoms with van der Waals surface area (Å²) >= 11 is 20.7. The minimum absolute atomic E-state index is 0. The van der Waals surface area contributed by atoms with Crippen molar-refractivity contribution in [2.24, 2.45) is 0 Å². The quantitative estimate of drug-likeness (QED) is 0.0540. The normalized spacial score (nSPS) is 10.2. The van der Waals surface area contributed by atoms with Crippen molar-refractivity contribution in [3.05, 3.63) is 252 Å². The number of carbonyl (C=O) groups excluding carboxylic acids is 1. The summed E-state index contributed by atoms with van der Waals surface area (Å²) in [5, 5.41) is 17.1. The van der Waals surface area contributed by atoms with E-state index in [2.05, 4.69) is 271 Å². The molecular formula is C61H41Br4CuIK2N2O3S2. The molecule has 0 saturated carbocycles. The van der Waals surface area contributed by atoms with E-state index >= 15 is 0 Å². The SMILES string of the molecule is Brc1ccccc1N(c1cccc(-c2cccc3c2sc2ccccc23)c1)c1ccccc1Br.Brc1ccccc1Nc1ccccc1Br.Ic1cccc(-c2cccc3c2sc2ccccc23)c1.O=CO[O-].[Cu].[H-].[K+].[K+]. The van der Waals surface area contributed by atoms with Crippen LogP contribution in [0.3, 0.4) is 0 Å². The van der Waals surface area contributed by atoms with Gasteiger partial charge in [-0.15, -0.1) is 22.7 Å². The second-order valence-corrected chi connectivity index (χ2v) is 22.9. The Labute approximate surface area is 594 Å². The molecule has 0 atom stereocenters. The number of fused-ring (bicyclic) bond motifs is 6. The summed E-state index contributed by atoms with van der Waals surface area (Å²) in [6.45, 7) is -0.181. The van der Waals surface area contributed by atoms with E-state index in [4.69, 9.17) is 10.1 Å². The smallest absolute Gasteiger partial charge is 1.00 e. The van der Waals surface area contributed by atoms with E-state index in [1.165, 1.54) is 66.2 Å². The van der Waals surface area contributed by atoms with Gasteiger partial charge in [0.15, 0.2) is 0 Å². The average Bonchev–Trinajstić information content (AvgIpc) is 4.04. The zero-order valence-electron chi connectivity index (χ0n) is 41.7. The first-order valence-corrected chi connectivity index (χ1v) is 28.5. The van der Waals surface area contributed by atoms with E-state index in [9.17, 15) is 0 Å². The molecule has 0 unspecified atom stereocenters. The van der Waals surface area contributed by atoms with Crippen molar-refractivity contribution in [1.29, 1.82) is 0 Å². The minimum Gasteiger partial charge on any atom is -1.00 e. The van der Waals surface area contributed by atoms with Gasteiger partial charge in [0.2, 0.25) is 0 Å². The number of hydrogen-bond donors (Lipinski definition) is 1. The molecule has 10 aromatic carbocycles. The van der Waals surface area contributed by atoms with Crippen LogP contribution in [0.5, 0.6) is 0 Å². The molecule has 15 heteroatoms. The van der Waals surface area contributed by atoms with Crippen molar-refractivity contribution in [3.63, 3.8) is 0 Å². The van der Waals surface area contributed by atoms with E-state index in [1.807, 2.05) is 83.3 Å². The fourth-order valence-electron chi connectivity index (χ4n) is 8.36. The molecule has 1 N–H and O–H groups in total. The van der Waals surface area contributed by atoms with E-state index < -0.39 is 0 Å². The van der Waals surface area contributed by atoms with Crippen LogP contribution in [0.4, 0.5) is 28.4 Å². The zero-order chi connectivity index (χ0) is 50.7. The molecule has 5 nitrogen and oxygen atoms in total. The molecule has 12 rings (SSSR count). The Balaban J connectivity index is 0.000000217. The summed E-state index contributed by atoms with van der Waals surface area (Å²) in [5.41, 5.74) is 10.5. The molecule has 0 aliphatic rings. The number of hydrogen-bond acceptors (Lipinski definition) is 7.